The van der Waals surface area contributed by atoms with E-state index in [1.54, 1.807) is 0 Å². The topological polar surface area (TPSA) is 69.6 Å². The monoisotopic (exact) mass is 641 g/mol. The van der Waals surface area contributed by atoms with E-state index >= 15 is 0 Å². The van der Waals surface area contributed by atoms with Crippen molar-refractivity contribution in [2.45, 2.75) is 0 Å². The first-order valence-electron chi connectivity index (χ1n) is 16.6. The standard InChI is InChI=1S/C44H27N5O/c1-4-14-28(15-5-1)42-46-43(29-16-6-2-7-17-29)48-44(47-42)41-32(35-21-12-13-25-45-35)23-24-38-40(41)34-26-37-33(27-39(34)50-38)31-20-10-11-22-36(31)49(37)30-18-8-3-9-19-30/h1-27H. The normalized spacial score (nSPS) is 11.6. The minimum absolute atomic E-state index is 0.551. The highest BCUT2D eigenvalue weighted by Gasteiger charge is 2.24. The van der Waals surface area contributed by atoms with Gasteiger partial charge in [0.1, 0.15) is 11.2 Å². The van der Waals surface area contributed by atoms with Crippen LogP contribution in [-0.2, 0) is 0 Å². The van der Waals surface area contributed by atoms with Crippen molar-refractivity contribution in [1.82, 2.24) is 24.5 Å². The van der Waals surface area contributed by atoms with Gasteiger partial charge in [0.15, 0.2) is 17.5 Å². The van der Waals surface area contributed by atoms with Crippen LogP contribution in [0.15, 0.2) is 168 Å². The zero-order chi connectivity index (χ0) is 33.0. The van der Waals surface area contributed by atoms with E-state index in [1.165, 1.54) is 5.39 Å². The van der Waals surface area contributed by atoms with Crippen LogP contribution in [0.3, 0.4) is 0 Å². The number of benzene rings is 6. The van der Waals surface area contributed by atoms with Gasteiger partial charge in [-0.15, -0.1) is 0 Å². The molecule has 50 heavy (non-hydrogen) atoms. The summed E-state index contributed by atoms with van der Waals surface area (Å²) >= 11 is 0. The minimum atomic E-state index is 0.551. The van der Waals surface area contributed by atoms with Gasteiger partial charge in [-0.05, 0) is 54.6 Å². The second kappa shape index (κ2) is 11.4. The van der Waals surface area contributed by atoms with Gasteiger partial charge in [0.05, 0.1) is 16.7 Å². The third kappa shape index (κ3) is 4.50. The van der Waals surface area contributed by atoms with E-state index in [0.717, 1.165) is 72.0 Å². The third-order valence-corrected chi connectivity index (χ3v) is 9.31. The fourth-order valence-corrected chi connectivity index (χ4v) is 7.07. The van der Waals surface area contributed by atoms with Gasteiger partial charge >= 0.3 is 0 Å². The molecule has 6 aromatic carbocycles. The molecule has 0 saturated carbocycles. The minimum Gasteiger partial charge on any atom is -0.456 e. The Hall–Kier alpha value is -6.92. The maximum absolute atomic E-state index is 6.71. The molecule has 0 aliphatic rings. The van der Waals surface area contributed by atoms with Crippen molar-refractivity contribution >= 4 is 43.7 Å². The zero-order valence-corrected chi connectivity index (χ0v) is 26.7. The van der Waals surface area contributed by atoms with Crippen molar-refractivity contribution in [2.24, 2.45) is 0 Å². The fourth-order valence-electron chi connectivity index (χ4n) is 7.07. The summed E-state index contributed by atoms with van der Waals surface area (Å²) in [5, 5.41) is 4.20. The van der Waals surface area contributed by atoms with Crippen molar-refractivity contribution < 1.29 is 4.42 Å². The molecule has 4 aromatic heterocycles. The van der Waals surface area contributed by atoms with Crippen LogP contribution in [0, 0.1) is 0 Å². The summed E-state index contributed by atoms with van der Waals surface area (Å²) in [7, 11) is 0. The molecule has 0 unspecified atom stereocenters. The molecule has 0 saturated heterocycles. The number of hydrogen-bond acceptors (Lipinski definition) is 5. The van der Waals surface area contributed by atoms with Crippen LogP contribution in [0.4, 0.5) is 0 Å². The van der Waals surface area contributed by atoms with E-state index < -0.39 is 0 Å². The Morgan fingerprint density at radius 3 is 1.80 bits per heavy atom. The molecule has 0 radical (unpaired) electrons. The van der Waals surface area contributed by atoms with E-state index in [-0.39, 0.29) is 0 Å². The fraction of sp³-hybridized carbons (Fsp3) is 0. The molecular weight excluding hydrogens is 615 g/mol. The lowest BCUT2D eigenvalue weighted by molar-refractivity contribution is 0.669. The van der Waals surface area contributed by atoms with Crippen LogP contribution in [0.1, 0.15) is 0 Å². The SMILES string of the molecule is c1ccc(-c2nc(-c3ccccc3)nc(-c3c(-c4ccccn4)ccc4oc5cc6c7ccccc7n(-c7ccccc7)c6cc5c34)n2)cc1. The number of para-hydroxylation sites is 2. The van der Waals surface area contributed by atoms with Crippen molar-refractivity contribution in [3.05, 3.63) is 164 Å². The number of pyridine rings is 1. The van der Waals surface area contributed by atoms with Crippen LogP contribution in [0.5, 0.6) is 0 Å². The maximum atomic E-state index is 6.71. The van der Waals surface area contributed by atoms with Gasteiger partial charge < -0.3 is 8.98 Å². The second-order valence-corrected chi connectivity index (χ2v) is 12.3. The Morgan fingerprint density at radius 2 is 1.10 bits per heavy atom. The van der Waals surface area contributed by atoms with Gasteiger partial charge in [-0.1, -0.05) is 103 Å². The maximum Gasteiger partial charge on any atom is 0.165 e. The lowest BCUT2D eigenvalue weighted by atomic mass is 9.96. The average molecular weight is 642 g/mol. The molecule has 6 nitrogen and oxygen atoms in total. The van der Waals surface area contributed by atoms with Crippen LogP contribution in [0.2, 0.25) is 0 Å². The highest BCUT2D eigenvalue weighted by atomic mass is 16.3. The summed E-state index contributed by atoms with van der Waals surface area (Å²) in [4.78, 5) is 20.1. The second-order valence-electron chi connectivity index (χ2n) is 12.3. The molecule has 0 fully saturated rings. The van der Waals surface area contributed by atoms with E-state index in [1.807, 2.05) is 97.2 Å². The molecule has 6 heteroatoms. The smallest absolute Gasteiger partial charge is 0.165 e. The van der Waals surface area contributed by atoms with Crippen LogP contribution in [0.25, 0.3) is 94.9 Å². The largest absolute Gasteiger partial charge is 0.456 e. The van der Waals surface area contributed by atoms with E-state index in [2.05, 4.69) is 71.3 Å². The first kappa shape index (κ1) is 28.1. The molecule has 10 aromatic rings. The van der Waals surface area contributed by atoms with E-state index in [4.69, 9.17) is 24.4 Å². The van der Waals surface area contributed by atoms with Gasteiger partial charge in [0.2, 0.25) is 0 Å². The molecule has 0 aliphatic carbocycles. The predicted octanol–water partition coefficient (Wildman–Crippen LogP) is 10.9. The van der Waals surface area contributed by atoms with Gasteiger partial charge in [0.25, 0.3) is 0 Å². The summed E-state index contributed by atoms with van der Waals surface area (Å²) in [6.07, 6.45) is 1.82. The molecule has 0 atom stereocenters. The Kier molecular flexibility index (Phi) is 6.39. The lowest BCUT2D eigenvalue weighted by Crippen LogP contribution is -2.01. The Balaban J connectivity index is 1.34. The summed E-state index contributed by atoms with van der Waals surface area (Å²) in [6.45, 7) is 0. The number of nitrogens with zero attached hydrogens (tertiary/aromatic N) is 5. The molecule has 0 amide bonds. The van der Waals surface area contributed by atoms with Gasteiger partial charge in [0, 0.05) is 55.7 Å². The zero-order valence-electron chi connectivity index (χ0n) is 26.7. The molecule has 0 bridgehead atoms. The predicted molar refractivity (Wildman–Crippen MR) is 201 cm³/mol. The van der Waals surface area contributed by atoms with Crippen molar-refractivity contribution in [3.8, 4) is 51.1 Å². The molecule has 0 spiro atoms. The number of hydrogen-bond donors (Lipinski definition) is 0. The van der Waals surface area contributed by atoms with Gasteiger partial charge in [-0.25, -0.2) is 15.0 Å². The van der Waals surface area contributed by atoms with Crippen LogP contribution < -0.4 is 0 Å². The first-order valence-corrected chi connectivity index (χ1v) is 16.6. The number of rotatable bonds is 5. The van der Waals surface area contributed by atoms with Crippen molar-refractivity contribution in [1.29, 1.82) is 0 Å². The van der Waals surface area contributed by atoms with Crippen LogP contribution in [-0.4, -0.2) is 24.5 Å². The molecule has 234 valence electrons. The summed E-state index contributed by atoms with van der Waals surface area (Å²) in [5.74, 6) is 1.74. The van der Waals surface area contributed by atoms with Crippen molar-refractivity contribution in [3.63, 3.8) is 0 Å². The van der Waals surface area contributed by atoms with Gasteiger partial charge in [-0.2, -0.15) is 0 Å². The van der Waals surface area contributed by atoms with Crippen molar-refractivity contribution in [2.75, 3.05) is 0 Å². The Morgan fingerprint density at radius 1 is 0.460 bits per heavy atom. The number of aromatic nitrogens is 5. The number of furan rings is 1. The van der Waals surface area contributed by atoms with Crippen LogP contribution >= 0.6 is 0 Å². The quantitative estimate of drug-likeness (QED) is 0.187. The third-order valence-electron chi connectivity index (χ3n) is 9.31. The Labute approximate surface area is 287 Å². The summed E-state index contributed by atoms with van der Waals surface area (Å²) < 4.78 is 9.03. The molecule has 4 heterocycles. The molecular formula is C44H27N5O. The lowest BCUT2D eigenvalue weighted by Gasteiger charge is -2.13. The van der Waals surface area contributed by atoms with E-state index in [9.17, 15) is 0 Å². The van der Waals surface area contributed by atoms with E-state index in [0.29, 0.717) is 17.5 Å². The highest BCUT2D eigenvalue weighted by Crippen LogP contribution is 2.44. The highest BCUT2D eigenvalue weighted by molar-refractivity contribution is 6.21. The molecule has 0 N–H and O–H groups in total. The molecule has 0 aliphatic heterocycles. The Bertz CT molecular complexity index is 2790. The summed E-state index contributed by atoms with van der Waals surface area (Å²) in [6, 6.07) is 53.6. The number of fused-ring (bicyclic) bond motifs is 6. The average Bonchev–Trinajstić information content (AvgIpc) is 3.72. The first-order chi connectivity index (χ1) is 24.8. The molecule has 10 rings (SSSR count). The summed E-state index contributed by atoms with van der Waals surface area (Å²) in [5.41, 5.74) is 9.26. The van der Waals surface area contributed by atoms with Gasteiger partial charge in [-0.3, -0.25) is 4.98 Å².